The fourth-order valence-electron chi connectivity index (χ4n) is 1.56. The lowest BCUT2D eigenvalue weighted by atomic mass is 9.99. The number of fused-ring (bicyclic) bond motifs is 1. The minimum atomic E-state index is -0.826. The van der Waals surface area contributed by atoms with Crippen molar-refractivity contribution in [2.24, 2.45) is 5.73 Å². The van der Waals surface area contributed by atoms with E-state index in [4.69, 9.17) is 10.5 Å². The van der Waals surface area contributed by atoms with Crippen LogP contribution in [-0.4, -0.2) is 17.6 Å². The monoisotopic (exact) mass is 224 g/mol. The van der Waals surface area contributed by atoms with Gasteiger partial charge in [0.25, 0.3) is 0 Å². The van der Waals surface area contributed by atoms with Crippen molar-refractivity contribution in [3.8, 4) is 5.75 Å². The van der Waals surface area contributed by atoms with E-state index in [1.165, 1.54) is 18.2 Å². The van der Waals surface area contributed by atoms with E-state index in [-0.39, 0.29) is 5.91 Å². The Morgan fingerprint density at radius 3 is 2.88 bits per heavy atom. The average molecular weight is 224 g/mol. The molecular formula is C11H13FN2O2. The summed E-state index contributed by atoms with van der Waals surface area (Å²) in [6, 6.07) is 3.16. The van der Waals surface area contributed by atoms with Crippen LogP contribution in [0.3, 0.4) is 0 Å². The van der Waals surface area contributed by atoms with Crippen molar-refractivity contribution < 1.29 is 13.9 Å². The van der Waals surface area contributed by atoms with Crippen LogP contribution in [0.5, 0.6) is 5.75 Å². The van der Waals surface area contributed by atoms with Crippen molar-refractivity contribution in [2.45, 2.75) is 25.5 Å². The largest absolute Gasteiger partial charge is 0.483 e. The molecule has 1 aliphatic rings. The molecule has 5 heteroatoms. The molecule has 0 fully saturated rings. The summed E-state index contributed by atoms with van der Waals surface area (Å²) in [5.41, 5.74) is 5.23. The van der Waals surface area contributed by atoms with Gasteiger partial charge in [-0.3, -0.25) is 4.79 Å². The molecule has 1 aromatic carbocycles. The van der Waals surface area contributed by atoms with Crippen molar-refractivity contribution in [1.82, 2.24) is 0 Å². The van der Waals surface area contributed by atoms with Gasteiger partial charge in [0.05, 0.1) is 5.69 Å². The molecule has 86 valence electrons. The van der Waals surface area contributed by atoms with Gasteiger partial charge in [0, 0.05) is 6.07 Å². The summed E-state index contributed by atoms with van der Waals surface area (Å²) < 4.78 is 18.6. The van der Waals surface area contributed by atoms with Crippen LogP contribution in [0.4, 0.5) is 10.1 Å². The molecule has 3 N–H and O–H groups in total. The maximum absolute atomic E-state index is 13.0. The van der Waals surface area contributed by atoms with Crippen LogP contribution in [0.1, 0.15) is 13.8 Å². The maximum atomic E-state index is 13.0. The lowest BCUT2D eigenvalue weighted by Crippen LogP contribution is -2.53. The van der Waals surface area contributed by atoms with Gasteiger partial charge in [0.2, 0.25) is 5.91 Å². The summed E-state index contributed by atoms with van der Waals surface area (Å²) in [5.74, 6) is -0.391. The number of rotatable bonds is 0. The van der Waals surface area contributed by atoms with Gasteiger partial charge in [-0.25, -0.2) is 4.39 Å². The Kier molecular flexibility index (Phi) is 2.35. The molecule has 0 saturated heterocycles. The first-order valence-corrected chi connectivity index (χ1v) is 4.95. The van der Waals surface area contributed by atoms with Crippen LogP contribution in [0.25, 0.3) is 0 Å². The number of hydrogen-bond donors (Lipinski definition) is 2. The van der Waals surface area contributed by atoms with Crippen molar-refractivity contribution >= 4 is 11.6 Å². The standard InChI is InChI=1S/C11H13FN2O2/c1-11(2)9(13)10(15)14-7-5-6(12)3-4-8(7)16-11/h3-5,9H,13H2,1-2H3,(H,14,15). The molecule has 0 bridgehead atoms. The molecule has 1 atom stereocenters. The molecule has 0 aromatic heterocycles. The van der Waals surface area contributed by atoms with Crippen molar-refractivity contribution in [3.63, 3.8) is 0 Å². The topological polar surface area (TPSA) is 64.3 Å². The molecule has 1 heterocycles. The number of nitrogens with two attached hydrogens (primary N) is 1. The summed E-state index contributed by atoms with van der Waals surface area (Å²) in [7, 11) is 0. The van der Waals surface area contributed by atoms with Gasteiger partial charge in [-0.2, -0.15) is 0 Å². The van der Waals surface area contributed by atoms with E-state index in [0.29, 0.717) is 11.4 Å². The van der Waals surface area contributed by atoms with Crippen LogP contribution in [-0.2, 0) is 4.79 Å². The van der Waals surface area contributed by atoms with Crippen molar-refractivity contribution in [1.29, 1.82) is 0 Å². The summed E-state index contributed by atoms with van der Waals surface area (Å²) in [5, 5.41) is 2.54. The highest BCUT2D eigenvalue weighted by molar-refractivity contribution is 5.97. The lowest BCUT2D eigenvalue weighted by Gasteiger charge is -2.28. The fraction of sp³-hybridized carbons (Fsp3) is 0.364. The van der Waals surface area contributed by atoms with Crippen LogP contribution >= 0.6 is 0 Å². The number of anilines is 1. The van der Waals surface area contributed by atoms with E-state index < -0.39 is 17.5 Å². The van der Waals surface area contributed by atoms with Gasteiger partial charge in [0.1, 0.15) is 23.2 Å². The number of amides is 1. The number of hydrogen-bond acceptors (Lipinski definition) is 3. The predicted octanol–water partition coefficient (Wildman–Crippen LogP) is 1.26. The molecular weight excluding hydrogens is 211 g/mol. The summed E-state index contributed by atoms with van der Waals surface area (Å²) in [6.45, 7) is 3.44. The first-order valence-electron chi connectivity index (χ1n) is 4.95. The Bertz CT molecular complexity index is 446. The SMILES string of the molecule is CC1(C)Oc2ccc(F)cc2NC(=O)C1N. The van der Waals surface area contributed by atoms with Gasteiger partial charge in [0.15, 0.2) is 0 Å². The molecule has 1 amide bonds. The van der Waals surface area contributed by atoms with Crippen LogP contribution in [0, 0.1) is 5.82 Å². The average Bonchev–Trinajstić information content (AvgIpc) is 2.27. The molecule has 0 radical (unpaired) electrons. The quantitative estimate of drug-likeness (QED) is 0.697. The third-order valence-corrected chi connectivity index (χ3v) is 2.60. The number of benzene rings is 1. The zero-order valence-electron chi connectivity index (χ0n) is 9.08. The molecule has 0 spiro atoms. The molecule has 4 nitrogen and oxygen atoms in total. The zero-order valence-corrected chi connectivity index (χ0v) is 9.08. The van der Waals surface area contributed by atoms with E-state index >= 15 is 0 Å². The Balaban J connectivity index is 2.48. The van der Waals surface area contributed by atoms with E-state index in [9.17, 15) is 9.18 Å². The first-order chi connectivity index (χ1) is 7.40. The van der Waals surface area contributed by atoms with Gasteiger partial charge >= 0.3 is 0 Å². The number of ether oxygens (including phenoxy) is 1. The molecule has 16 heavy (non-hydrogen) atoms. The molecule has 2 rings (SSSR count). The van der Waals surface area contributed by atoms with Gasteiger partial charge in [-0.05, 0) is 26.0 Å². The van der Waals surface area contributed by atoms with Gasteiger partial charge < -0.3 is 15.8 Å². The second kappa shape index (κ2) is 3.45. The highest BCUT2D eigenvalue weighted by Gasteiger charge is 2.37. The van der Waals surface area contributed by atoms with Crippen LogP contribution < -0.4 is 15.8 Å². The molecule has 0 saturated carbocycles. The zero-order chi connectivity index (χ0) is 11.9. The molecule has 1 aromatic rings. The Morgan fingerprint density at radius 1 is 1.50 bits per heavy atom. The minimum Gasteiger partial charge on any atom is -0.483 e. The number of carbonyl (C=O) groups is 1. The van der Waals surface area contributed by atoms with E-state index in [1.807, 2.05) is 0 Å². The normalized spacial score (nSPS) is 22.8. The first kappa shape index (κ1) is 10.9. The van der Waals surface area contributed by atoms with Crippen LogP contribution in [0.15, 0.2) is 18.2 Å². The maximum Gasteiger partial charge on any atom is 0.245 e. The summed E-state index contributed by atoms with van der Waals surface area (Å²) >= 11 is 0. The number of carbonyl (C=O) groups excluding carboxylic acids is 1. The smallest absolute Gasteiger partial charge is 0.245 e. The van der Waals surface area contributed by atoms with Gasteiger partial charge in [-0.1, -0.05) is 0 Å². The predicted molar refractivity (Wildman–Crippen MR) is 57.7 cm³/mol. The highest BCUT2D eigenvalue weighted by Crippen LogP contribution is 2.32. The molecule has 1 unspecified atom stereocenters. The molecule has 1 aliphatic heterocycles. The third kappa shape index (κ3) is 1.74. The minimum absolute atomic E-state index is 0.311. The summed E-state index contributed by atoms with van der Waals surface area (Å²) in [4.78, 5) is 11.7. The summed E-state index contributed by atoms with van der Waals surface area (Å²) in [6.07, 6.45) is 0. The lowest BCUT2D eigenvalue weighted by molar-refractivity contribution is -0.120. The Hall–Kier alpha value is -1.62. The fourth-order valence-corrected chi connectivity index (χ4v) is 1.56. The number of nitrogens with one attached hydrogen (secondary N) is 1. The highest BCUT2D eigenvalue weighted by atomic mass is 19.1. The van der Waals surface area contributed by atoms with E-state index in [2.05, 4.69) is 5.32 Å². The second-order valence-corrected chi connectivity index (χ2v) is 4.31. The number of halogens is 1. The van der Waals surface area contributed by atoms with Crippen molar-refractivity contribution in [3.05, 3.63) is 24.0 Å². The van der Waals surface area contributed by atoms with E-state index in [0.717, 1.165) is 0 Å². The second-order valence-electron chi connectivity index (χ2n) is 4.31. The van der Waals surface area contributed by atoms with Crippen LogP contribution in [0.2, 0.25) is 0 Å². The molecule has 0 aliphatic carbocycles. The van der Waals surface area contributed by atoms with Gasteiger partial charge in [-0.15, -0.1) is 0 Å². The Labute approximate surface area is 92.6 Å². The van der Waals surface area contributed by atoms with Crippen molar-refractivity contribution in [2.75, 3.05) is 5.32 Å². The third-order valence-electron chi connectivity index (χ3n) is 2.60. The van der Waals surface area contributed by atoms with E-state index in [1.54, 1.807) is 13.8 Å². The Morgan fingerprint density at radius 2 is 2.19 bits per heavy atom.